The van der Waals surface area contributed by atoms with Crippen molar-refractivity contribution in [3.8, 4) is 0 Å². The van der Waals surface area contributed by atoms with E-state index in [1.165, 1.54) is 0 Å². The molecule has 1 spiro atoms. The molecule has 0 atom stereocenters. The normalized spacial score (nSPS) is 19.5. The van der Waals surface area contributed by atoms with E-state index < -0.39 is 0 Å². The zero-order valence-corrected chi connectivity index (χ0v) is 12.7. The fraction of sp³-hybridized carbons (Fsp3) is 0.571. The fourth-order valence-electron chi connectivity index (χ4n) is 2.70. The summed E-state index contributed by atoms with van der Waals surface area (Å²) < 4.78 is 7.46. The van der Waals surface area contributed by atoms with E-state index >= 15 is 0 Å². The van der Waals surface area contributed by atoms with Crippen LogP contribution in [0.25, 0.3) is 0 Å². The van der Waals surface area contributed by atoms with Crippen molar-refractivity contribution in [1.82, 2.24) is 19.8 Å². The number of piperidine rings is 1. The molecular formula is C14H20N4O5. The molecule has 3 rings (SSSR count). The molecule has 2 aliphatic rings. The average molecular weight is 324 g/mol. The molecule has 0 bridgehead atoms. The van der Waals surface area contributed by atoms with Crippen LogP contribution in [0.1, 0.15) is 12.8 Å². The van der Waals surface area contributed by atoms with Crippen molar-refractivity contribution in [2.24, 2.45) is 0 Å². The van der Waals surface area contributed by atoms with Crippen molar-refractivity contribution in [3.05, 3.63) is 18.7 Å². The molecule has 2 fully saturated rings. The highest BCUT2D eigenvalue weighted by Gasteiger charge is 2.39. The lowest BCUT2D eigenvalue weighted by molar-refractivity contribution is -0.154. The average Bonchev–Trinajstić information content (AvgIpc) is 3.05. The van der Waals surface area contributed by atoms with Gasteiger partial charge in [0, 0.05) is 32.0 Å². The number of carbonyl (C=O) groups is 3. The summed E-state index contributed by atoms with van der Waals surface area (Å²) >= 11 is 0. The topological polar surface area (TPSA) is 114 Å². The Balaban J connectivity index is 0.000000595. The first-order chi connectivity index (χ1) is 11.1. The van der Waals surface area contributed by atoms with E-state index in [0.717, 1.165) is 12.8 Å². The minimum atomic E-state index is -0.278. The van der Waals surface area contributed by atoms with Gasteiger partial charge in [-0.15, -0.1) is 0 Å². The third-order valence-electron chi connectivity index (χ3n) is 4.02. The first-order valence-electron chi connectivity index (χ1n) is 7.30. The standard InChI is InChI=1S/C13H18N4O3.CH2O2/c18-11-8-20-13(9-15-11)1-4-17(5-2-13)12(19)7-16-6-3-14-10-16;2-1-3/h3,6,10H,1-2,4-5,7-9H2,(H,15,18);1H,(H,2,3). The van der Waals surface area contributed by atoms with Gasteiger partial charge in [-0.3, -0.25) is 14.4 Å². The molecule has 2 amide bonds. The second-order valence-electron chi connectivity index (χ2n) is 5.47. The number of hydrogen-bond donors (Lipinski definition) is 2. The summed E-state index contributed by atoms with van der Waals surface area (Å²) in [6.07, 6.45) is 6.62. The zero-order valence-electron chi connectivity index (χ0n) is 12.7. The third kappa shape index (κ3) is 4.52. The van der Waals surface area contributed by atoms with Gasteiger partial charge in [0.15, 0.2) is 0 Å². The number of aromatic nitrogens is 2. The molecule has 2 N–H and O–H groups in total. The largest absolute Gasteiger partial charge is 0.483 e. The minimum Gasteiger partial charge on any atom is -0.483 e. The van der Waals surface area contributed by atoms with Crippen LogP contribution >= 0.6 is 0 Å². The predicted octanol–water partition coefficient (Wildman–Crippen LogP) is -0.908. The number of hydrogen-bond acceptors (Lipinski definition) is 5. The number of imidazole rings is 1. The van der Waals surface area contributed by atoms with Crippen LogP contribution in [0.5, 0.6) is 0 Å². The summed E-state index contributed by atoms with van der Waals surface area (Å²) in [6.45, 7) is 2.09. The molecule has 0 radical (unpaired) electrons. The van der Waals surface area contributed by atoms with Gasteiger partial charge in [0.05, 0.1) is 11.9 Å². The lowest BCUT2D eigenvalue weighted by Gasteiger charge is -2.43. The van der Waals surface area contributed by atoms with Crippen LogP contribution in [0.4, 0.5) is 0 Å². The van der Waals surface area contributed by atoms with Crippen molar-refractivity contribution in [2.75, 3.05) is 26.2 Å². The molecule has 3 heterocycles. The highest BCUT2D eigenvalue weighted by molar-refractivity contribution is 5.78. The van der Waals surface area contributed by atoms with Crippen molar-refractivity contribution in [1.29, 1.82) is 0 Å². The van der Waals surface area contributed by atoms with Crippen LogP contribution in [-0.2, 0) is 25.7 Å². The Morgan fingerprint density at radius 3 is 2.70 bits per heavy atom. The molecule has 0 saturated carbocycles. The molecule has 9 nitrogen and oxygen atoms in total. The molecular weight excluding hydrogens is 304 g/mol. The highest BCUT2D eigenvalue weighted by atomic mass is 16.5. The SMILES string of the molecule is O=C1COC2(CCN(C(=O)Cn3ccnc3)CC2)CN1.O=CO. The van der Waals surface area contributed by atoms with Gasteiger partial charge in [0.2, 0.25) is 11.8 Å². The van der Waals surface area contributed by atoms with E-state index in [1.807, 2.05) is 4.90 Å². The van der Waals surface area contributed by atoms with Crippen LogP contribution in [-0.4, -0.2) is 69.7 Å². The number of amides is 2. The molecule has 0 aromatic carbocycles. The van der Waals surface area contributed by atoms with Crippen molar-refractivity contribution < 1.29 is 24.2 Å². The molecule has 0 aliphatic carbocycles. The molecule has 2 saturated heterocycles. The Kier molecular flexibility index (Phi) is 5.69. The van der Waals surface area contributed by atoms with E-state index in [2.05, 4.69) is 10.3 Å². The lowest BCUT2D eigenvalue weighted by atomic mass is 9.90. The molecule has 2 aliphatic heterocycles. The number of rotatable bonds is 2. The number of nitrogens with one attached hydrogen (secondary N) is 1. The number of carbonyl (C=O) groups excluding carboxylic acids is 2. The first-order valence-corrected chi connectivity index (χ1v) is 7.30. The van der Waals surface area contributed by atoms with Gasteiger partial charge in [0.1, 0.15) is 13.2 Å². The predicted molar refractivity (Wildman–Crippen MR) is 78.4 cm³/mol. The minimum absolute atomic E-state index is 0.0609. The summed E-state index contributed by atoms with van der Waals surface area (Å²) in [5.74, 6) is 0.0342. The smallest absolute Gasteiger partial charge is 0.290 e. The molecule has 23 heavy (non-hydrogen) atoms. The van der Waals surface area contributed by atoms with Gasteiger partial charge in [0.25, 0.3) is 6.47 Å². The van der Waals surface area contributed by atoms with Gasteiger partial charge in [-0.2, -0.15) is 0 Å². The second-order valence-corrected chi connectivity index (χ2v) is 5.47. The number of morpholine rings is 1. The van der Waals surface area contributed by atoms with Gasteiger partial charge in [-0.05, 0) is 12.8 Å². The summed E-state index contributed by atoms with van der Waals surface area (Å²) in [5, 5.41) is 9.73. The molecule has 0 unspecified atom stereocenters. The maximum Gasteiger partial charge on any atom is 0.290 e. The Morgan fingerprint density at radius 1 is 1.48 bits per heavy atom. The van der Waals surface area contributed by atoms with Gasteiger partial charge in [-0.25, -0.2) is 4.98 Å². The van der Waals surface area contributed by atoms with Crippen LogP contribution in [0, 0.1) is 0 Å². The van der Waals surface area contributed by atoms with Gasteiger partial charge in [-0.1, -0.05) is 0 Å². The lowest BCUT2D eigenvalue weighted by Crippen LogP contribution is -2.58. The van der Waals surface area contributed by atoms with Crippen LogP contribution in [0.3, 0.4) is 0 Å². The van der Waals surface area contributed by atoms with Crippen LogP contribution in [0.15, 0.2) is 18.7 Å². The summed E-state index contributed by atoms with van der Waals surface area (Å²) in [7, 11) is 0. The number of likely N-dealkylation sites (tertiary alicyclic amines) is 1. The van der Waals surface area contributed by atoms with Crippen molar-refractivity contribution >= 4 is 18.3 Å². The highest BCUT2D eigenvalue weighted by Crippen LogP contribution is 2.27. The molecule has 126 valence electrons. The quantitative estimate of drug-likeness (QED) is 0.681. The first kappa shape index (κ1) is 16.9. The summed E-state index contributed by atoms with van der Waals surface area (Å²) in [6, 6.07) is 0. The van der Waals surface area contributed by atoms with E-state index in [0.29, 0.717) is 26.2 Å². The van der Waals surface area contributed by atoms with Crippen LogP contribution < -0.4 is 5.32 Å². The Bertz CT molecular complexity index is 525. The van der Waals surface area contributed by atoms with E-state index in [1.54, 1.807) is 23.3 Å². The van der Waals surface area contributed by atoms with Crippen molar-refractivity contribution in [2.45, 2.75) is 25.0 Å². The Labute approximate surface area is 133 Å². The fourth-order valence-corrected chi connectivity index (χ4v) is 2.70. The number of nitrogens with zero attached hydrogens (tertiary/aromatic N) is 3. The monoisotopic (exact) mass is 324 g/mol. The second kappa shape index (κ2) is 7.73. The third-order valence-corrected chi connectivity index (χ3v) is 4.02. The van der Waals surface area contributed by atoms with Crippen LogP contribution in [0.2, 0.25) is 0 Å². The van der Waals surface area contributed by atoms with Gasteiger partial charge < -0.3 is 24.6 Å². The van der Waals surface area contributed by atoms with E-state index in [-0.39, 0.29) is 30.5 Å². The maximum atomic E-state index is 12.2. The molecule has 1 aromatic heterocycles. The maximum absolute atomic E-state index is 12.2. The zero-order chi connectivity index (χ0) is 16.7. The number of carboxylic acid groups (broad SMARTS) is 1. The number of ether oxygens (including phenoxy) is 1. The summed E-state index contributed by atoms with van der Waals surface area (Å²) in [4.78, 5) is 37.4. The Hall–Kier alpha value is -2.42. The molecule has 9 heteroatoms. The van der Waals surface area contributed by atoms with E-state index in [4.69, 9.17) is 14.6 Å². The molecule has 1 aromatic rings. The summed E-state index contributed by atoms with van der Waals surface area (Å²) in [5.41, 5.74) is -0.278. The van der Waals surface area contributed by atoms with Gasteiger partial charge >= 0.3 is 0 Å². The van der Waals surface area contributed by atoms with E-state index in [9.17, 15) is 9.59 Å². The van der Waals surface area contributed by atoms with Crippen molar-refractivity contribution in [3.63, 3.8) is 0 Å². The Morgan fingerprint density at radius 2 is 2.17 bits per heavy atom.